The van der Waals surface area contributed by atoms with Crippen molar-refractivity contribution in [2.24, 2.45) is 11.3 Å². The van der Waals surface area contributed by atoms with Gasteiger partial charge in [-0.2, -0.15) is 0 Å². The molecule has 0 aromatic rings. The van der Waals surface area contributed by atoms with Gasteiger partial charge in [0.25, 0.3) is 0 Å². The summed E-state index contributed by atoms with van der Waals surface area (Å²) in [6.45, 7) is 6.35. The van der Waals surface area contributed by atoms with Gasteiger partial charge < -0.3 is 15.1 Å². The van der Waals surface area contributed by atoms with E-state index >= 15 is 0 Å². The van der Waals surface area contributed by atoms with Gasteiger partial charge in [0.05, 0.1) is 12.0 Å². The van der Waals surface area contributed by atoms with Crippen molar-refractivity contribution in [3.05, 3.63) is 0 Å². The number of amides is 3. The van der Waals surface area contributed by atoms with E-state index in [4.69, 9.17) is 0 Å². The maximum Gasteiger partial charge on any atom is 0.239 e. The van der Waals surface area contributed by atoms with Crippen molar-refractivity contribution < 1.29 is 14.4 Å². The molecule has 0 spiro atoms. The monoisotopic (exact) mass is 349 g/mol. The minimum Gasteiger partial charge on any atom is -0.353 e. The van der Waals surface area contributed by atoms with Gasteiger partial charge in [0, 0.05) is 32.1 Å². The first-order valence-corrected chi connectivity index (χ1v) is 9.79. The molecule has 1 N–H and O–H groups in total. The van der Waals surface area contributed by atoms with Crippen LogP contribution in [-0.2, 0) is 14.4 Å². The molecular weight excluding hydrogens is 318 g/mol. The van der Waals surface area contributed by atoms with Crippen LogP contribution in [0.3, 0.4) is 0 Å². The third-order valence-electron chi connectivity index (χ3n) is 6.17. The first-order valence-electron chi connectivity index (χ1n) is 9.79. The molecular formula is C19H31N3O3. The Bertz CT molecular complexity index is 548. The Morgan fingerprint density at radius 1 is 1.28 bits per heavy atom. The largest absolute Gasteiger partial charge is 0.353 e. The lowest BCUT2D eigenvalue weighted by molar-refractivity contribution is -0.164. The second-order valence-electron chi connectivity index (χ2n) is 8.26. The fourth-order valence-corrected chi connectivity index (χ4v) is 4.78. The number of hydrogen-bond acceptors (Lipinski definition) is 3. The van der Waals surface area contributed by atoms with Crippen LogP contribution in [0.4, 0.5) is 0 Å². The molecule has 6 heteroatoms. The predicted molar refractivity (Wildman–Crippen MR) is 94.7 cm³/mol. The van der Waals surface area contributed by atoms with Gasteiger partial charge >= 0.3 is 0 Å². The number of carbonyl (C=O) groups is 3. The number of piperidine rings is 1. The van der Waals surface area contributed by atoms with Gasteiger partial charge in [-0.25, -0.2) is 0 Å². The highest BCUT2D eigenvalue weighted by atomic mass is 16.2. The van der Waals surface area contributed by atoms with Crippen LogP contribution in [0.25, 0.3) is 0 Å². The van der Waals surface area contributed by atoms with Gasteiger partial charge in [-0.15, -0.1) is 0 Å². The van der Waals surface area contributed by atoms with Crippen molar-refractivity contribution in [1.29, 1.82) is 0 Å². The molecule has 2 atom stereocenters. The molecule has 6 nitrogen and oxygen atoms in total. The zero-order chi connectivity index (χ0) is 18.0. The van der Waals surface area contributed by atoms with Gasteiger partial charge in [0.2, 0.25) is 17.7 Å². The van der Waals surface area contributed by atoms with Gasteiger partial charge in [-0.1, -0.05) is 26.7 Å². The summed E-state index contributed by atoms with van der Waals surface area (Å²) in [5.41, 5.74) is -0.471. The van der Waals surface area contributed by atoms with E-state index in [2.05, 4.69) is 19.2 Å². The van der Waals surface area contributed by atoms with Crippen LogP contribution >= 0.6 is 0 Å². The minimum atomic E-state index is -0.471. The third kappa shape index (κ3) is 3.53. The van der Waals surface area contributed by atoms with Crippen molar-refractivity contribution in [1.82, 2.24) is 15.1 Å². The Labute approximate surface area is 150 Å². The van der Waals surface area contributed by atoms with E-state index in [1.54, 1.807) is 4.90 Å². The molecule has 3 aliphatic rings. The summed E-state index contributed by atoms with van der Waals surface area (Å²) in [7, 11) is 0. The van der Waals surface area contributed by atoms with Gasteiger partial charge in [-0.3, -0.25) is 14.4 Å². The molecule has 2 aliphatic heterocycles. The summed E-state index contributed by atoms with van der Waals surface area (Å²) in [5, 5.41) is 2.79. The summed E-state index contributed by atoms with van der Waals surface area (Å²) in [4.78, 5) is 41.5. The second kappa shape index (κ2) is 7.34. The molecule has 0 bridgehead atoms. The first-order chi connectivity index (χ1) is 11.9. The van der Waals surface area contributed by atoms with Crippen LogP contribution in [0, 0.1) is 11.3 Å². The van der Waals surface area contributed by atoms with Gasteiger partial charge in [0.1, 0.15) is 0 Å². The normalized spacial score (nSPS) is 30.3. The van der Waals surface area contributed by atoms with E-state index in [9.17, 15) is 14.4 Å². The first kappa shape index (κ1) is 18.2. The quantitative estimate of drug-likeness (QED) is 0.837. The van der Waals surface area contributed by atoms with Crippen LogP contribution < -0.4 is 5.32 Å². The number of rotatable bonds is 4. The second-order valence-corrected chi connectivity index (χ2v) is 8.26. The van der Waals surface area contributed by atoms with E-state index in [1.165, 1.54) is 0 Å². The molecule has 2 saturated heterocycles. The highest BCUT2D eigenvalue weighted by Gasteiger charge is 2.54. The fourth-order valence-electron chi connectivity index (χ4n) is 4.78. The highest BCUT2D eigenvalue weighted by molar-refractivity contribution is 5.91. The predicted octanol–water partition coefficient (Wildman–Crippen LogP) is 1.54. The number of hydrogen-bond donors (Lipinski definition) is 1. The summed E-state index contributed by atoms with van der Waals surface area (Å²) >= 11 is 0. The number of fused-ring (bicyclic) bond motifs is 1. The fraction of sp³-hybridized carbons (Fsp3) is 0.842. The molecule has 25 heavy (non-hydrogen) atoms. The maximum absolute atomic E-state index is 13.5. The SMILES string of the molecule is CC(C)CCN1C(=O)CC[C@]2(C(=O)N3CCNC(=O)C3)CCCC[C@@H]12. The Balaban J connectivity index is 1.84. The number of carbonyl (C=O) groups excluding carboxylic acids is 3. The lowest BCUT2D eigenvalue weighted by atomic mass is 9.64. The average molecular weight is 349 g/mol. The van der Waals surface area contributed by atoms with E-state index in [-0.39, 0.29) is 30.3 Å². The third-order valence-corrected chi connectivity index (χ3v) is 6.17. The molecule has 140 valence electrons. The maximum atomic E-state index is 13.5. The molecule has 2 heterocycles. The summed E-state index contributed by atoms with van der Waals surface area (Å²) in [5.74, 6) is 0.766. The van der Waals surface area contributed by atoms with E-state index in [1.807, 2.05) is 4.90 Å². The van der Waals surface area contributed by atoms with E-state index in [0.717, 1.165) is 38.6 Å². The van der Waals surface area contributed by atoms with Crippen molar-refractivity contribution in [3.63, 3.8) is 0 Å². The molecule has 1 saturated carbocycles. The van der Waals surface area contributed by atoms with Crippen LogP contribution in [0.5, 0.6) is 0 Å². The molecule has 0 aromatic carbocycles. The molecule has 3 fully saturated rings. The molecule has 1 aliphatic carbocycles. The molecule has 3 amide bonds. The lowest BCUT2D eigenvalue weighted by Crippen LogP contribution is -2.64. The topological polar surface area (TPSA) is 69.7 Å². The average Bonchev–Trinajstić information content (AvgIpc) is 2.60. The zero-order valence-corrected chi connectivity index (χ0v) is 15.6. The molecule has 0 unspecified atom stereocenters. The lowest BCUT2D eigenvalue weighted by Gasteiger charge is -2.53. The number of nitrogens with zero attached hydrogens (tertiary/aromatic N) is 2. The standard InChI is InChI=1S/C19H31N3O3/c1-14(2)7-11-22-15-5-3-4-8-19(15,9-6-17(22)24)18(25)21-12-10-20-16(23)13-21/h14-15H,3-13H2,1-2H3,(H,20,23)/t15-,19-/m1/s1. The summed E-state index contributed by atoms with van der Waals surface area (Å²) in [6, 6.07) is 0.0127. The van der Waals surface area contributed by atoms with Crippen LogP contribution in [-0.4, -0.2) is 59.7 Å². The van der Waals surface area contributed by atoms with Crippen LogP contribution in [0.2, 0.25) is 0 Å². The van der Waals surface area contributed by atoms with E-state index < -0.39 is 5.41 Å². The van der Waals surface area contributed by atoms with Crippen LogP contribution in [0.1, 0.15) is 58.8 Å². The van der Waals surface area contributed by atoms with Crippen molar-refractivity contribution in [2.75, 3.05) is 26.2 Å². The van der Waals surface area contributed by atoms with Crippen molar-refractivity contribution in [2.45, 2.75) is 64.8 Å². The Hall–Kier alpha value is -1.59. The molecule has 0 aromatic heterocycles. The van der Waals surface area contributed by atoms with Gasteiger partial charge in [0.15, 0.2) is 0 Å². The number of likely N-dealkylation sites (tertiary alicyclic amines) is 1. The summed E-state index contributed by atoms with van der Waals surface area (Å²) in [6.07, 6.45) is 5.94. The molecule has 3 rings (SSSR count). The van der Waals surface area contributed by atoms with E-state index in [0.29, 0.717) is 31.8 Å². The van der Waals surface area contributed by atoms with Crippen molar-refractivity contribution in [3.8, 4) is 0 Å². The highest BCUT2D eigenvalue weighted by Crippen LogP contribution is 2.47. The number of nitrogens with one attached hydrogen (secondary N) is 1. The Morgan fingerprint density at radius 2 is 2.08 bits per heavy atom. The Kier molecular flexibility index (Phi) is 5.35. The van der Waals surface area contributed by atoms with Crippen molar-refractivity contribution >= 4 is 17.7 Å². The number of piperazine rings is 1. The summed E-state index contributed by atoms with van der Waals surface area (Å²) < 4.78 is 0. The minimum absolute atomic E-state index is 0.0127. The smallest absolute Gasteiger partial charge is 0.239 e. The van der Waals surface area contributed by atoms with Crippen LogP contribution in [0.15, 0.2) is 0 Å². The van der Waals surface area contributed by atoms with Gasteiger partial charge in [-0.05, 0) is 31.6 Å². The molecule has 0 radical (unpaired) electrons. The zero-order valence-electron chi connectivity index (χ0n) is 15.6. The Morgan fingerprint density at radius 3 is 2.80 bits per heavy atom.